The summed E-state index contributed by atoms with van der Waals surface area (Å²) in [7, 11) is 0. The minimum atomic E-state index is -0.441. The summed E-state index contributed by atoms with van der Waals surface area (Å²) < 4.78 is 5.65. The third-order valence-electron chi connectivity index (χ3n) is 4.63. The molecule has 1 heterocycles. The average Bonchev–Trinajstić information content (AvgIpc) is 3.21. The molecule has 7 heteroatoms. The molecule has 148 valence electrons. The molecule has 1 aromatic heterocycles. The molecular formula is C23H17N3O4. The van der Waals surface area contributed by atoms with Crippen LogP contribution in [0.5, 0.6) is 0 Å². The first kappa shape index (κ1) is 19.1. The molecule has 4 rings (SSSR count). The lowest BCUT2D eigenvalue weighted by molar-refractivity contribution is -0.384. The fourth-order valence-corrected chi connectivity index (χ4v) is 3.21. The molecule has 1 N–H and O–H groups in total. The zero-order chi connectivity index (χ0) is 21.1. The summed E-state index contributed by atoms with van der Waals surface area (Å²) in [5.74, 6) is 0.366. The zero-order valence-corrected chi connectivity index (χ0v) is 16.0. The number of rotatable bonds is 5. The number of nitrogens with one attached hydrogen (secondary N) is 1. The molecule has 1 amide bonds. The molecular weight excluding hydrogens is 382 g/mol. The number of carbonyl (C=O) groups is 1. The van der Waals surface area contributed by atoms with Gasteiger partial charge in [-0.15, -0.1) is 0 Å². The monoisotopic (exact) mass is 399 g/mol. The van der Waals surface area contributed by atoms with Crippen molar-refractivity contribution in [3.05, 3.63) is 99.8 Å². The Morgan fingerprint density at radius 1 is 1.07 bits per heavy atom. The van der Waals surface area contributed by atoms with Crippen molar-refractivity contribution < 1.29 is 14.1 Å². The number of nitrogens with zero attached hydrogens (tertiary/aromatic N) is 2. The van der Waals surface area contributed by atoms with Gasteiger partial charge in [0, 0.05) is 11.6 Å². The smallest absolute Gasteiger partial charge is 0.280 e. The lowest BCUT2D eigenvalue weighted by atomic mass is 10.0. The molecule has 0 bridgehead atoms. The van der Waals surface area contributed by atoms with Gasteiger partial charge in [-0.05, 0) is 47.5 Å². The van der Waals surface area contributed by atoms with Crippen molar-refractivity contribution in [3.63, 3.8) is 0 Å². The van der Waals surface area contributed by atoms with E-state index in [-0.39, 0.29) is 11.6 Å². The second kappa shape index (κ2) is 8.00. The summed E-state index contributed by atoms with van der Waals surface area (Å²) in [4.78, 5) is 23.4. The van der Waals surface area contributed by atoms with Crippen molar-refractivity contribution in [2.24, 2.45) is 5.10 Å². The van der Waals surface area contributed by atoms with Gasteiger partial charge in [0.1, 0.15) is 11.5 Å². The molecule has 0 aliphatic rings. The Labute approximate surface area is 171 Å². The Kier molecular flexibility index (Phi) is 5.09. The topological polar surface area (TPSA) is 97.7 Å². The van der Waals surface area contributed by atoms with Crippen LogP contribution < -0.4 is 5.43 Å². The van der Waals surface area contributed by atoms with E-state index in [2.05, 4.69) is 10.5 Å². The van der Waals surface area contributed by atoms with Crippen LogP contribution in [0.25, 0.3) is 22.1 Å². The van der Waals surface area contributed by atoms with E-state index >= 15 is 0 Å². The van der Waals surface area contributed by atoms with Crippen molar-refractivity contribution in [2.75, 3.05) is 0 Å². The number of fused-ring (bicyclic) bond motifs is 1. The van der Waals surface area contributed by atoms with E-state index in [1.54, 1.807) is 37.3 Å². The van der Waals surface area contributed by atoms with Crippen molar-refractivity contribution in [3.8, 4) is 11.3 Å². The van der Waals surface area contributed by atoms with Crippen molar-refractivity contribution in [1.82, 2.24) is 5.43 Å². The zero-order valence-electron chi connectivity index (χ0n) is 16.0. The molecule has 0 atom stereocenters. The van der Waals surface area contributed by atoms with Crippen LogP contribution in [-0.4, -0.2) is 17.0 Å². The van der Waals surface area contributed by atoms with Crippen LogP contribution in [0.4, 0.5) is 5.69 Å². The highest BCUT2D eigenvalue weighted by Crippen LogP contribution is 2.31. The highest BCUT2D eigenvalue weighted by atomic mass is 16.6. The van der Waals surface area contributed by atoms with E-state index < -0.39 is 4.92 Å². The predicted molar refractivity (Wildman–Crippen MR) is 115 cm³/mol. The van der Waals surface area contributed by atoms with Crippen LogP contribution in [0.1, 0.15) is 21.7 Å². The number of furan rings is 1. The normalized spacial score (nSPS) is 11.1. The van der Waals surface area contributed by atoms with Crippen molar-refractivity contribution in [2.45, 2.75) is 6.92 Å². The van der Waals surface area contributed by atoms with Crippen LogP contribution in [0.2, 0.25) is 0 Å². The van der Waals surface area contributed by atoms with Crippen LogP contribution in [0.15, 0.2) is 82.3 Å². The van der Waals surface area contributed by atoms with E-state index in [0.717, 1.165) is 16.3 Å². The molecule has 0 saturated carbocycles. The number of benzene rings is 3. The number of hydrogen-bond acceptors (Lipinski definition) is 5. The highest BCUT2D eigenvalue weighted by Gasteiger charge is 2.18. The van der Waals surface area contributed by atoms with Crippen molar-refractivity contribution >= 4 is 28.6 Å². The van der Waals surface area contributed by atoms with Crippen LogP contribution in [-0.2, 0) is 0 Å². The SMILES string of the molecule is Cc1ccc(-c2ccc(/C=N\NC(=O)c3cccc4ccccc34)o2)c([N+](=O)[O-])c1. The molecule has 0 aliphatic heterocycles. The van der Waals surface area contributed by atoms with E-state index in [1.807, 2.05) is 36.4 Å². The number of hydrazone groups is 1. The molecule has 7 nitrogen and oxygen atoms in total. The lowest BCUT2D eigenvalue weighted by Gasteiger charge is -2.04. The van der Waals surface area contributed by atoms with Gasteiger partial charge in [0.15, 0.2) is 0 Å². The fourth-order valence-electron chi connectivity index (χ4n) is 3.21. The summed E-state index contributed by atoms with van der Waals surface area (Å²) >= 11 is 0. The number of carbonyl (C=O) groups excluding carboxylic acids is 1. The molecule has 0 fully saturated rings. The summed E-state index contributed by atoms with van der Waals surface area (Å²) in [5.41, 5.74) is 4.14. The van der Waals surface area contributed by atoms with Crippen LogP contribution >= 0.6 is 0 Å². The Bertz CT molecular complexity index is 1290. The van der Waals surface area contributed by atoms with Gasteiger partial charge >= 0.3 is 0 Å². The van der Waals surface area contributed by atoms with Crippen LogP contribution in [0.3, 0.4) is 0 Å². The molecule has 4 aromatic rings. The van der Waals surface area contributed by atoms with Gasteiger partial charge in [0.05, 0.1) is 16.7 Å². The second-order valence-electron chi connectivity index (χ2n) is 6.71. The van der Waals surface area contributed by atoms with E-state index in [1.165, 1.54) is 12.3 Å². The number of aryl methyl sites for hydroxylation is 1. The molecule has 0 unspecified atom stereocenters. The average molecular weight is 399 g/mol. The van der Waals surface area contributed by atoms with Gasteiger partial charge in [0.25, 0.3) is 11.6 Å². The summed E-state index contributed by atoms with van der Waals surface area (Å²) in [6, 6.07) is 21.3. The standard InChI is InChI=1S/C23H17N3O4/c1-15-9-11-20(21(13-15)26(28)29)22-12-10-17(30-22)14-24-25-23(27)19-8-4-6-16-5-2-3-7-18(16)19/h2-14H,1H3,(H,25,27)/b24-14-. The third-order valence-corrected chi connectivity index (χ3v) is 4.63. The Morgan fingerprint density at radius 3 is 2.70 bits per heavy atom. The van der Waals surface area contributed by atoms with Crippen LogP contribution in [0, 0.1) is 17.0 Å². The van der Waals surface area contributed by atoms with E-state index in [4.69, 9.17) is 4.42 Å². The third kappa shape index (κ3) is 3.81. The van der Waals surface area contributed by atoms with Gasteiger partial charge in [-0.25, -0.2) is 5.43 Å². The first-order chi connectivity index (χ1) is 14.5. The number of amides is 1. The Hall–Kier alpha value is -4.26. The molecule has 0 saturated heterocycles. The maximum Gasteiger partial charge on any atom is 0.280 e. The molecule has 0 aliphatic carbocycles. The van der Waals surface area contributed by atoms with E-state index in [9.17, 15) is 14.9 Å². The van der Waals surface area contributed by atoms with Gasteiger partial charge in [-0.2, -0.15) is 5.10 Å². The number of nitro benzene ring substituents is 1. The molecule has 0 radical (unpaired) electrons. The maximum atomic E-state index is 12.5. The van der Waals surface area contributed by atoms with Gasteiger partial charge in [-0.1, -0.05) is 42.5 Å². The Morgan fingerprint density at radius 2 is 1.87 bits per heavy atom. The van der Waals surface area contributed by atoms with Crippen molar-refractivity contribution in [1.29, 1.82) is 0 Å². The second-order valence-corrected chi connectivity index (χ2v) is 6.71. The largest absolute Gasteiger partial charge is 0.455 e. The molecule has 3 aromatic carbocycles. The number of nitro groups is 1. The molecule has 30 heavy (non-hydrogen) atoms. The van der Waals surface area contributed by atoms with E-state index in [0.29, 0.717) is 22.6 Å². The summed E-state index contributed by atoms with van der Waals surface area (Å²) in [6.45, 7) is 1.79. The van der Waals surface area contributed by atoms with Gasteiger partial charge in [0.2, 0.25) is 0 Å². The first-order valence-corrected chi connectivity index (χ1v) is 9.19. The van der Waals surface area contributed by atoms with Gasteiger partial charge < -0.3 is 4.42 Å². The highest BCUT2D eigenvalue weighted by molar-refractivity contribution is 6.07. The Balaban J connectivity index is 1.52. The summed E-state index contributed by atoms with van der Waals surface area (Å²) in [6.07, 6.45) is 1.35. The predicted octanol–water partition coefficient (Wildman–Crippen LogP) is 5.08. The maximum absolute atomic E-state index is 12.5. The minimum Gasteiger partial charge on any atom is -0.455 e. The minimum absolute atomic E-state index is 0.0305. The summed E-state index contributed by atoms with van der Waals surface area (Å²) in [5, 5.41) is 17.1. The van der Waals surface area contributed by atoms with Gasteiger partial charge in [-0.3, -0.25) is 14.9 Å². The fraction of sp³-hybridized carbons (Fsp3) is 0.0435. The quantitative estimate of drug-likeness (QED) is 0.287. The lowest BCUT2D eigenvalue weighted by Crippen LogP contribution is -2.17. The number of hydrogen-bond donors (Lipinski definition) is 1. The molecule has 0 spiro atoms. The first-order valence-electron chi connectivity index (χ1n) is 9.19.